The molecule has 0 radical (unpaired) electrons. The van der Waals surface area contributed by atoms with E-state index in [0.29, 0.717) is 11.8 Å². The van der Waals surface area contributed by atoms with Crippen LogP contribution in [0.4, 0.5) is 0 Å². The molecule has 2 aromatic rings. The summed E-state index contributed by atoms with van der Waals surface area (Å²) >= 11 is 0. The van der Waals surface area contributed by atoms with E-state index < -0.39 is 0 Å². The van der Waals surface area contributed by atoms with Crippen LogP contribution in [-0.2, 0) is 12.8 Å². The van der Waals surface area contributed by atoms with Gasteiger partial charge in [0.05, 0.1) is 6.26 Å². The predicted octanol–water partition coefficient (Wildman–Crippen LogP) is 3.19. The molecule has 1 heterocycles. The van der Waals surface area contributed by atoms with Gasteiger partial charge in [-0.3, -0.25) is 0 Å². The van der Waals surface area contributed by atoms with E-state index in [1.807, 2.05) is 24.3 Å². The van der Waals surface area contributed by atoms with Crippen molar-refractivity contribution in [1.82, 2.24) is 5.32 Å². The van der Waals surface area contributed by atoms with Gasteiger partial charge in [-0.25, -0.2) is 0 Å². The summed E-state index contributed by atoms with van der Waals surface area (Å²) in [5.74, 6) is 1.37. The largest absolute Gasteiger partial charge is 0.508 e. The number of phenolic OH excluding ortho intramolecular Hbond substituents is 1. The maximum absolute atomic E-state index is 9.64. The SMILES string of the molecule is Oc1ccc2c(c1)C(NCCc1ccco1)CCC2. The van der Waals surface area contributed by atoms with Gasteiger partial charge in [-0.05, 0) is 54.7 Å². The van der Waals surface area contributed by atoms with Gasteiger partial charge in [0.15, 0.2) is 0 Å². The normalized spacial score (nSPS) is 18.2. The maximum atomic E-state index is 9.64. The molecule has 3 nitrogen and oxygen atoms in total. The molecule has 0 fully saturated rings. The van der Waals surface area contributed by atoms with Crippen molar-refractivity contribution < 1.29 is 9.52 Å². The van der Waals surface area contributed by atoms with Crippen LogP contribution in [0.15, 0.2) is 41.0 Å². The molecule has 0 saturated carbocycles. The zero-order chi connectivity index (χ0) is 13.1. The van der Waals surface area contributed by atoms with Gasteiger partial charge in [0.1, 0.15) is 11.5 Å². The maximum Gasteiger partial charge on any atom is 0.115 e. The molecule has 0 aliphatic heterocycles. The van der Waals surface area contributed by atoms with Crippen molar-refractivity contribution in [2.45, 2.75) is 31.7 Å². The zero-order valence-corrected chi connectivity index (χ0v) is 10.9. The van der Waals surface area contributed by atoms with Gasteiger partial charge in [-0.1, -0.05) is 6.07 Å². The lowest BCUT2D eigenvalue weighted by Gasteiger charge is -2.26. The number of benzene rings is 1. The molecule has 1 aromatic carbocycles. The Morgan fingerprint density at radius 2 is 2.26 bits per heavy atom. The van der Waals surface area contributed by atoms with E-state index in [2.05, 4.69) is 5.32 Å². The number of hydrogen-bond acceptors (Lipinski definition) is 3. The fourth-order valence-corrected chi connectivity index (χ4v) is 2.82. The van der Waals surface area contributed by atoms with Gasteiger partial charge in [0.2, 0.25) is 0 Å². The number of aryl methyl sites for hydroxylation is 1. The highest BCUT2D eigenvalue weighted by Crippen LogP contribution is 2.31. The Labute approximate surface area is 113 Å². The van der Waals surface area contributed by atoms with Crippen LogP contribution in [0, 0.1) is 0 Å². The first kappa shape index (κ1) is 12.3. The van der Waals surface area contributed by atoms with E-state index in [4.69, 9.17) is 4.42 Å². The molecular formula is C16H19NO2. The molecule has 2 N–H and O–H groups in total. The second kappa shape index (κ2) is 5.49. The topological polar surface area (TPSA) is 45.4 Å². The lowest BCUT2D eigenvalue weighted by Crippen LogP contribution is -2.27. The van der Waals surface area contributed by atoms with Crippen LogP contribution >= 0.6 is 0 Å². The van der Waals surface area contributed by atoms with Crippen LogP contribution < -0.4 is 5.32 Å². The van der Waals surface area contributed by atoms with Crippen molar-refractivity contribution in [2.75, 3.05) is 6.54 Å². The van der Waals surface area contributed by atoms with Crippen LogP contribution in [0.3, 0.4) is 0 Å². The zero-order valence-electron chi connectivity index (χ0n) is 10.9. The highest BCUT2D eigenvalue weighted by Gasteiger charge is 2.19. The fourth-order valence-electron chi connectivity index (χ4n) is 2.82. The minimum absolute atomic E-state index is 0.353. The predicted molar refractivity (Wildman–Crippen MR) is 74.2 cm³/mol. The summed E-state index contributed by atoms with van der Waals surface area (Å²) in [6.45, 7) is 0.896. The summed E-state index contributed by atoms with van der Waals surface area (Å²) in [4.78, 5) is 0. The summed E-state index contributed by atoms with van der Waals surface area (Å²) < 4.78 is 5.33. The molecule has 3 heteroatoms. The van der Waals surface area contributed by atoms with E-state index in [1.165, 1.54) is 17.5 Å². The summed E-state index contributed by atoms with van der Waals surface area (Å²) in [6, 6.07) is 10.0. The monoisotopic (exact) mass is 257 g/mol. The molecule has 1 aliphatic carbocycles. The number of hydrogen-bond donors (Lipinski definition) is 2. The number of nitrogens with one attached hydrogen (secondary N) is 1. The molecule has 100 valence electrons. The van der Waals surface area contributed by atoms with E-state index in [9.17, 15) is 5.11 Å². The number of fused-ring (bicyclic) bond motifs is 1. The smallest absolute Gasteiger partial charge is 0.115 e. The average Bonchev–Trinajstić information content (AvgIpc) is 2.92. The highest BCUT2D eigenvalue weighted by molar-refractivity contribution is 5.38. The molecule has 1 aromatic heterocycles. The number of phenols is 1. The first-order valence-electron chi connectivity index (χ1n) is 6.90. The fraction of sp³-hybridized carbons (Fsp3) is 0.375. The van der Waals surface area contributed by atoms with E-state index >= 15 is 0 Å². The first-order chi connectivity index (χ1) is 9.33. The number of aromatic hydroxyl groups is 1. The van der Waals surface area contributed by atoms with Crippen molar-refractivity contribution in [2.24, 2.45) is 0 Å². The second-order valence-corrected chi connectivity index (χ2v) is 5.11. The molecule has 19 heavy (non-hydrogen) atoms. The van der Waals surface area contributed by atoms with Crippen LogP contribution in [-0.4, -0.2) is 11.7 Å². The van der Waals surface area contributed by atoms with Crippen LogP contribution in [0.25, 0.3) is 0 Å². The highest BCUT2D eigenvalue weighted by atomic mass is 16.3. The van der Waals surface area contributed by atoms with Crippen molar-refractivity contribution >= 4 is 0 Å². The van der Waals surface area contributed by atoms with E-state index in [1.54, 1.807) is 12.3 Å². The van der Waals surface area contributed by atoms with E-state index in [-0.39, 0.29) is 0 Å². The Kier molecular flexibility index (Phi) is 3.56. The van der Waals surface area contributed by atoms with Crippen molar-refractivity contribution in [1.29, 1.82) is 0 Å². The molecule has 0 amide bonds. The summed E-state index contributed by atoms with van der Waals surface area (Å²) in [7, 11) is 0. The molecule has 1 unspecified atom stereocenters. The summed E-state index contributed by atoms with van der Waals surface area (Å²) in [5.41, 5.74) is 2.62. The minimum Gasteiger partial charge on any atom is -0.508 e. The Morgan fingerprint density at radius 1 is 1.32 bits per heavy atom. The third-order valence-corrected chi connectivity index (χ3v) is 3.79. The Hall–Kier alpha value is -1.74. The van der Waals surface area contributed by atoms with Gasteiger partial charge in [0, 0.05) is 19.0 Å². The van der Waals surface area contributed by atoms with Crippen molar-refractivity contribution in [3.63, 3.8) is 0 Å². The third kappa shape index (κ3) is 2.82. The minimum atomic E-state index is 0.353. The van der Waals surface area contributed by atoms with Crippen LogP contribution in [0.2, 0.25) is 0 Å². The van der Waals surface area contributed by atoms with Crippen LogP contribution in [0.5, 0.6) is 5.75 Å². The summed E-state index contributed by atoms with van der Waals surface area (Å²) in [5, 5.41) is 13.2. The van der Waals surface area contributed by atoms with E-state index in [0.717, 1.165) is 31.6 Å². The second-order valence-electron chi connectivity index (χ2n) is 5.11. The lowest BCUT2D eigenvalue weighted by atomic mass is 9.87. The van der Waals surface area contributed by atoms with Gasteiger partial charge < -0.3 is 14.8 Å². The van der Waals surface area contributed by atoms with Crippen molar-refractivity contribution in [3.8, 4) is 5.75 Å². The number of furan rings is 1. The third-order valence-electron chi connectivity index (χ3n) is 3.79. The molecule has 3 rings (SSSR count). The van der Waals surface area contributed by atoms with Crippen molar-refractivity contribution in [3.05, 3.63) is 53.5 Å². The lowest BCUT2D eigenvalue weighted by molar-refractivity contribution is 0.435. The van der Waals surface area contributed by atoms with Gasteiger partial charge >= 0.3 is 0 Å². The Morgan fingerprint density at radius 3 is 3.11 bits per heavy atom. The average molecular weight is 257 g/mol. The molecule has 0 spiro atoms. The van der Waals surface area contributed by atoms with Crippen LogP contribution in [0.1, 0.15) is 35.8 Å². The first-order valence-corrected chi connectivity index (χ1v) is 6.90. The molecule has 1 atom stereocenters. The Bertz CT molecular complexity index is 534. The van der Waals surface area contributed by atoms with Gasteiger partial charge in [-0.15, -0.1) is 0 Å². The Balaban J connectivity index is 1.64. The molecule has 1 aliphatic rings. The van der Waals surface area contributed by atoms with Gasteiger partial charge in [-0.2, -0.15) is 0 Å². The molecular weight excluding hydrogens is 238 g/mol. The summed E-state index contributed by atoms with van der Waals surface area (Å²) in [6.07, 6.45) is 6.07. The quantitative estimate of drug-likeness (QED) is 0.884. The van der Waals surface area contributed by atoms with Gasteiger partial charge in [0.25, 0.3) is 0 Å². The molecule has 0 bridgehead atoms. The standard InChI is InChI=1S/C16H19NO2/c18-13-7-6-12-3-1-5-16(15(12)11-13)17-9-8-14-4-2-10-19-14/h2,4,6-7,10-11,16-18H,1,3,5,8-9H2. The number of rotatable bonds is 4. The molecule has 0 saturated heterocycles.